The van der Waals surface area contributed by atoms with Gasteiger partial charge in [0.15, 0.2) is 0 Å². The second kappa shape index (κ2) is 9.42. The van der Waals surface area contributed by atoms with Gasteiger partial charge in [0.25, 0.3) is 21.8 Å². The summed E-state index contributed by atoms with van der Waals surface area (Å²) < 4.78 is 26.2. The van der Waals surface area contributed by atoms with Crippen molar-refractivity contribution in [1.82, 2.24) is 14.2 Å². The molecule has 3 aromatic rings. The molecule has 36 heavy (non-hydrogen) atoms. The van der Waals surface area contributed by atoms with Gasteiger partial charge in [0.05, 0.1) is 11.1 Å². The standard InChI is InChI=1S/C25H23N5O5S/c31-23(17-30-25(33)20-6-2-4-8-22(20)36(30,34)35)29-15-13-28(14-16-29)21-7-3-1-5-19(21)24(32)27-18-9-11-26-12-10-18/h1-12H,13-17H2,(H,26,27,32). The Morgan fingerprint density at radius 3 is 2.28 bits per heavy atom. The van der Waals surface area contributed by atoms with Crippen LogP contribution in [0.4, 0.5) is 11.4 Å². The van der Waals surface area contributed by atoms with Crippen molar-refractivity contribution in [3.8, 4) is 0 Å². The van der Waals surface area contributed by atoms with Crippen molar-refractivity contribution < 1.29 is 22.8 Å². The molecule has 2 aromatic carbocycles. The molecule has 0 aliphatic carbocycles. The molecule has 1 aromatic heterocycles. The zero-order valence-corrected chi connectivity index (χ0v) is 20.0. The summed E-state index contributed by atoms with van der Waals surface area (Å²) in [5.74, 6) is -1.39. The Hall–Kier alpha value is -4.25. The van der Waals surface area contributed by atoms with Crippen molar-refractivity contribution >= 4 is 39.1 Å². The van der Waals surface area contributed by atoms with E-state index in [1.54, 1.807) is 53.7 Å². The van der Waals surface area contributed by atoms with Crippen LogP contribution in [0.25, 0.3) is 0 Å². The van der Waals surface area contributed by atoms with Gasteiger partial charge in [-0.25, -0.2) is 12.7 Å². The number of fused-ring (bicyclic) bond motifs is 1. The lowest BCUT2D eigenvalue weighted by atomic mass is 10.1. The number of piperazine rings is 1. The molecule has 0 atom stereocenters. The van der Waals surface area contributed by atoms with Gasteiger partial charge in [-0.05, 0) is 36.4 Å². The van der Waals surface area contributed by atoms with E-state index >= 15 is 0 Å². The third-order valence-corrected chi connectivity index (χ3v) is 8.04. The first-order chi connectivity index (χ1) is 17.4. The molecule has 184 valence electrons. The highest BCUT2D eigenvalue weighted by atomic mass is 32.2. The monoisotopic (exact) mass is 505 g/mol. The van der Waals surface area contributed by atoms with Crippen molar-refractivity contribution in [3.63, 3.8) is 0 Å². The number of aromatic nitrogens is 1. The van der Waals surface area contributed by atoms with Crippen LogP contribution in [0.5, 0.6) is 0 Å². The SMILES string of the molecule is O=C(Nc1ccncc1)c1ccccc1N1CCN(C(=O)CN2C(=O)c3ccccc3S2(=O)=O)CC1. The third-order valence-electron chi connectivity index (χ3n) is 6.25. The fraction of sp³-hybridized carbons (Fsp3) is 0.200. The zero-order valence-electron chi connectivity index (χ0n) is 19.2. The molecule has 1 saturated heterocycles. The molecule has 0 bridgehead atoms. The maximum Gasteiger partial charge on any atom is 0.269 e. The Morgan fingerprint density at radius 1 is 0.889 bits per heavy atom. The lowest BCUT2D eigenvalue weighted by Crippen LogP contribution is -2.52. The van der Waals surface area contributed by atoms with Crippen LogP contribution in [0, 0.1) is 0 Å². The molecular weight excluding hydrogens is 482 g/mol. The largest absolute Gasteiger partial charge is 0.367 e. The molecule has 0 radical (unpaired) electrons. The predicted octanol–water partition coefficient (Wildman–Crippen LogP) is 1.83. The van der Waals surface area contributed by atoms with Gasteiger partial charge in [-0.1, -0.05) is 24.3 Å². The first-order valence-electron chi connectivity index (χ1n) is 11.4. The molecule has 0 spiro atoms. The summed E-state index contributed by atoms with van der Waals surface area (Å²) in [5.41, 5.74) is 1.95. The Labute approximate surface area is 208 Å². The molecule has 0 saturated carbocycles. The number of carbonyl (C=O) groups is 3. The number of nitrogens with zero attached hydrogens (tertiary/aromatic N) is 4. The molecule has 1 N–H and O–H groups in total. The Balaban J connectivity index is 1.24. The van der Waals surface area contributed by atoms with E-state index in [0.29, 0.717) is 41.7 Å². The van der Waals surface area contributed by atoms with Crippen molar-refractivity contribution in [2.24, 2.45) is 0 Å². The van der Waals surface area contributed by atoms with Crippen LogP contribution in [0.3, 0.4) is 0 Å². The van der Waals surface area contributed by atoms with E-state index in [1.165, 1.54) is 12.1 Å². The average Bonchev–Trinajstić information content (AvgIpc) is 3.10. The number of benzene rings is 2. The fourth-order valence-corrected chi connectivity index (χ4v) is 5.90. The van der Waals surface area contributed by atoms with Crippen molar-refractivity contribution in [2.45, 2.75) is 4.90 Å². The van der Waals surface area contributed by atoms with Gasteiger partial charge in [-0.2, -0.15) is 0 Å². The number of anilines is 2. The highest BCUT2D eigenvalue weighted by molar-refractivity contribution is 7.90. The first-order valence-corrected chi connectivity index (χ1v) is 12.8. The molecule has 1 fully saturated rings. The molecule has 10 nitrogen and oxygen atoms in total. The quantitative estimate of drug-likeness (QED) is 0.562. The number of pyridine rings is 1. The number of nitrogens with one attached hydrogen (secondary N) is 1. The summed E-state index contributed by atoms with van der Waals surface area (Å²) in [4.78, 5) is 45.9. The van der Waals surface area contributed by atoms with Crippen LogP contribution in [0.2, 0.25) is 0 Å². The van der Waals surface area contributed by atoms with Gasteiger partial charge in [0.1, 0.15) is 11.4 Å². The lowest BCUT2D eigenvalue weighted by Gasteiger charge is -2.37. The number of sulfonamides is 1. The van der Waals surface area contributed by atoms with Gasteiger partial charge < -0.3 is 15.1 Å². The van der Waals surface area contributed by atoms with E-state index in [2.05, 4.69) is 10.3 Å². The van der Waals surface area contributed by atoms with Crippen molar-refractivity contribution in [1.29, 1.82) is 0 Å². The predicted molar refractivity (Wildman–Crippen MR) is 132 cm³/mol. The molecule has 3 amide bonds. The summed E-state index contributed by atoms with van der Waals surface area (Å²) in [5, 5.41) is 2.86. The number of rotatable bonds is 5. The summed E-state index contributed by atoms with van der Waals surface area (Å²) in [7, 11) is -4.05. The Kier molecular flexibility index (Phi) is 6.15. The van der Waals surface area contributed by atoms with Gasteiger partial charge in [0, 0.05) is 49.9 Å². The smallest absolute Gasteiger partial charge is 0.269 e. The van der Waals surface area contributed by atoms with E-state index in [4.69, 9.17) is 0 Å². The zero-order chi connectivity index (χ0) is 25.3. The highest BCUT2D eigenvalue weighted by Gasteiger charge is 2.42. The Morgan fingerprint density at radius 2 is 1.56 bits per heavy atom. The van der Waals surface area contributed by atoms with E-state index < -0.39 is 28.4 Å². The van der Waals surface area contributed by atoms with Crippen LogP contribution in [0.15, 0.2) is 78.0 Å². The second-order valence-corrected chi connectivity index (χ2v) is 10.2. The van der Waals surface area contributed by atoms with Crippen molar-refractivity contribution in [3.05, 3.63) is 84.2 Å². The molecule has 0 unspecified atom stereocenters. The van der Waals surface area contributed by atoms with Crippen LogP contribution in [-0.2, 0) is 14.8 Å². The van der Waals surface area contributed by atoms with E-state index in [0.717, 1.165) is 5.69 Å². The van der Waals surface area contributed by atoms with Crippen molar-refractivity contribution in [2.75, 3.05) is 42.9 Å². The molecule has 11 heteroatoms. The minimum atomic E-state index is -4.05. The number of hydrogen-bond donors (Lipinski definition) is 1. The van der Waals surface area contributed by atoms with Crippen LogP contribution in [0.1, 0.15) is 20.7 Å². The summed E-state index contributed by atoms with van der Waals surface area (Å²) in [6, 6.07) is 16.6. The summed E-state index contributed by atoms with van der Waals surface area (Å²) >= 11 is 0. The Bertz CT molecular complexity index is 1440. The van der Waals surface area contributed by atoms with E-state index in [-0.39, 0.29) is 16.4 Å². The first kappa shape index (κ1) is 23.5. The number of carbonyl (C=O) groups excluding carboxylic acids is 3. The molecule has 3 heterocycles. The maximum absolute atomic E-state index is 12.9. The second-order valence-electron chi connectivity index (χ2n) is 8.39. The highest BCUT2D eigenvalue weighted by Crippen LogP contribution is 2.30. The average molecular weight is 506 g/mol. The number of amides is 3. The summed E-state index contributed by atoms with van der Waals surface area (Å²) in [6.45, 7) is 1.02. The van der Waals surface area contributed by atoms with Crippen LogP contribution >= 0.6 is 0 Å². The third kappa shape index (κ3) is 4.29. The number of hydrogen-bond acceptors (Lipinski definition) is 7. The fourth-order valence-electron chi connectivity index (χ4n) is 4.38. The molecule has 2 aliphatic rings. The van der Waals surface area contributed by atoms with Crippen LogP contribution < -0.4 is 10.2 Å². The lowest BCUT2D eigenvalue weighted by molar-refractivity contribution is -0.131. The number of para-hydroxylation sites is 1. The summed E-state index contributed by atoms with van der Waals surface area (Å²) in [6.07, 6.45) is 3.19. The molecule has 2 aliphatic heterocycles. The normalized spacial score (nSPS) is 16.6. The topological polar surface area (TPSA) is 120 Å². The van der Waals surface area contributed by atoms with Gasteiger partial charge in [0.2, 0.25) is 5.91 Å². The van der Waals surface area contributed by atoms with Gasteiger partial charge >= 0.3 is 0 Å². The van der Waals surface area contributed by atoms with E-state index in [9.17, 15) is 22.8 Å². The minimum absolute atomic E-state index is 0.0748. The maximum atomic E-state index is 12.9. The van der Waals surface area contributed by atoms with Gasteiger partial charge in [-0.15, -0.1) is 0 Å². The van der Waals surface area contributed by atoms with Gasteiger partial charge in [-0.3, -0.25) is 19.4 Å². The van der Waals surface area contributed by atoms with Crippen LogP contribution in [-0.4, -0.2) is 73.1 Å². The molecule has 5 rings (SSSR count). The van der Waals surface area contributed by atoms with E-state index in [1.807, 2.05) is 17.0 Å². The molecular formula is C25H23N5O5S. The minimum Gasteiger partial charge on any atom is -0.367 e.